The number of anilines is 1. The Hall–Kier alpha value is -3.28. The van der Waals surface area contributed by atoms with Crippen LogP contribution in [0.4, 0.5) is 40.9 Å². The standard InChI is InChI=1S/C23H24F8N4O5S/c1-41(38)10-18(36)33-20-19-16(34-35(20)5-2-6-40-23(29,30)31)9-15(32-21(19)37)14-4-3-13(39-11-22(26,27)28)7-12(14)8-17(24)25/h3-4,7,15,17H,2,5-6,8-11H2,1H3,(H,32,37)(H,33,36). The molecule has 3 rings (SSSR count). The molecule has 41 heavy (non-hydrogen) atoms. The van der Waals surface area contributed by atoms with Gasteiger partial charge in [-0.1, -0.05) is 6.07 Å². The van der Waals surface area contributed by atoms with E-state index in [2.05, 4.69) is 25.2 Å². The Kier molecular flexibility index (Phi) is 10.3. The molecule has 0 aliphatic carbocycles. The van der Waals surface area contributed by atoms with E-state index >= 15 is 0 Å². The molecule has 0 saturated heterocycles. The van der Waals surface area contributed by atoms with Crippen LogP contribution in [0.2, 0.25) is 0 Å². The van der Waals surface area contributed by atoms with Gasteiger partial charge < -0.3 is 15.4 Å². The van der Waals surface area contributed by atoms with E-state index in [1.165, 1.54) is 12.3 Å². The van der Waals surface area contributed by atoms with Crippen LogP contribution >= 0.6 is 0 Å². The van der Waals surface area contributed by atoms with E-state index in [1.807, 2.05) is 0 Å². The van der Waals surface area contributed by atoms with Crippen LogP contribution < -0.4 is 15.4 Å². The van der Waals surface area contributed by atoms with Crippen molar-refractivity contribution in [2.45, 2.75) is 50.8 Å². The van der Waals surface area contributed by atoms with Crippen LogP contribution in [0.25, 0.3) is 0 Å². The number of hydrogen-bond donors (Lipinski definition) is 2. The maximum Gasteiger partial charge on any atom is 0.522 e. The first kappa shape index (κ1) is 32.2. The van der Waals surface area contributed by atoms with Crippen molar-refractivity contribution in [2.75, 3.05) is 30.5 Å². The van der Waals surface area contributed by atoms with E-state index in [4.69, 9.17) is 0 Å². The van der Waals surface area contributed by atoms with Crippen LogP contribution in [0, 0.1) is 0 Å². The number of carbonyl (C=O) groups excluding carboxylic acids is 2. The van der Waals surface area contributed by atoms with Crippen LogP contribution in [0.1, 0.15) is 39.6 Å². The van der Waals surface area contributed by atoms with Gasteiger partial charge in [0.25, 0.3) is 5.91 Å². The molecule has 2 amide bonds. The molecular formula is C23H24F8N4O5S. The normalized spacial score (nSPS) is 16.3. The summed E-state index contributed by atoms with van der Waals surface area (Å²) in [7, 11) is -1.56. The number of benzene rings is 1. The van der Waals surface area contributed by atoms with Crippen LogP contribution in [-0.2, 0) is 39.7 Å². The Bertz CT molecular complexity index is 1280. The number of rotatable bonds is 12. The summed E-state index contributed by atoms with van der Waals surface area (Å²) < 4.78 is 122. The van der Waals surface area contributed by atoms with Gasteiger partial charge in [0.15, 0.2) is 6.61 Å². The second kappa shape index (κ2) is 13.1. The van der Waals surface area contributed by atoms with Gasteiger partial charge in [-0.15, -0.1) is 13.2 Å². The molecule has 0 spiro atoms. The molecule has 1 aliphatic heterocycles. The SMILES string of the molecule is CS(=O)CC(=O)Nc1c2c(nn1CCCOC(F)(F)F)CC(c1ccc(OCC(F)(F)F)cc1CC(F)F)NC2=O. The van der Waals surface area contributed by atoms with Crippen LogP contribution in [-0.4, -0.2) is 70.0 Å². The highest BCUT2D eigenvalue weighted by Crippen LogP contribution is 2.34. The van der Waals surface area contributed by atoms with Gasteiger partial charge in [0, 0.05) is 36.4 Å². The van der Waals surface area contributed by atoms with Crippen molar-refractivity contribution < 1.29 is 58.4 Å². The second-order valence-corrected chi connectivity index (χ2v) is 10.3. The van der Waals surface area contributed by atoms with Crippen LogP contribution in [0.3, 0.4) is 0 Å². The Morgan fingerprint density at radius 1 is 1.24 bits per heavy atom. The highest BCUT2D eigenvalue weighted by Gasteiger charge is 2.35. The van der Waals surface area contributed by atoms with Gasteiger partial charge >= 0.3 is 12.5 Å². The zero-order valence-corrected chi connectivity index (χ0v) is 22.0. The molecular weight excluding hydrogens is 596 g/mol. The molecule has 228 valence electrons. The fourth-order valence-electron chi connectivity index (χ4n) is 4.12. The Morgan fingerprint density at radius 2 is 1.95 bits per heavy atom. The lowest BCUT2D eigenvalue weighted by molar-refractivity contribution is -0.324. The van der Waals surface area contributed by atoms with Crippen molar-refractivity contribution in [3.05, 3.63) is 40.6 Å². The van der Waals surface area contributed by atoms with Crippen molar-refractivity contribution in [1.82, 2.24) is 15.1 Å². The third-order valence-corrected chi connectivity index (χ3v) is 6.26. The molecule has 2 heterocycles. The first-order valence-electron chi connectivity index (χ1n) is 11.8. The molecule has 2 aromatic rings. The van der Waals surface area contributed by atoms with E-state index in [0.29, 0.717) is 0 Å². The lowest BCUT2D eigenvalue weighted by Crippen LogP contribution is -2.36. The second-order valence-electron chi connectivity index (χ2n) is 8.90. The largest absolute Gasteiger partial charge is 0.522 e. The van der Waals surface area contributed by atoms with Gasteiger partial charge in [-0.3, -0.25) is 18.5 Å². The third-order valence-electron chi connectivity index (χ3n) is 5.59. The number of amides is 2. The first-order chi connectivity index (χ1) is 19.0. The Balaban J connectivity index is 1.91. The van der Waals surface area contributed by atoms with Gasteiger partial charge in [0.2, 0.25) is 12.3 Å². The smallest absolute Gasteiger partial charge is 0.484 e. The summed E-state index contributed by atoms with van der Waals surface area (Å²) in [5, 5.41) is 9.23. The van der Waals surface area contributed by atoms with E-state index in [9.17, 15) is 48.9 Å². The van der Waals surface area contributed by atoms with Crippen molar-refractivity contribution >= 4 is 28.4 Å². The van der Waals surface area contributed by atoms with Gasteiger partial charge in [-0.05, 0) is 29.7 Å². The molecule has 2 N–H and O–H groups in total. The molecule has 18 heteroatoms. The third kappa shape index (κ3) is 9.65. The number of nitrogens with one attached hydrogen (secondary N) is 2. The van der Waals surface area contributed by atoms with Crippen LogP contribution in [0.15, 0.2) is 18.2 Å². The lowest BCUT2D eigenvalue weighted by atomic mass is 9.91. The maximum absolute atomic E-state index is 13.3. The molecule has 0 saturated carbocycles. The summed E-state index contributed by atoms with van der Waals surface area (Å²) >= 11 is 0. The number of halogens is 8. The number of aromatic nitrogens is 2. The molecule has 9 nitrogen and oxygen atoms in total. The van der Waals surface area contributed by atoms with Crippen molar-refractivity contribution in [2.24, 2.45) is 0 Å². The average Bonchev–Trinajstić information content (AvgIpc) is 3.16. The zero-order chi connectivity index (χ0) is 30.5. The quantitative estimate of drug-likeness (QED) is 0.275. The average molecular weight is 621 g/mol. The molecule has 2 atom stereocenters. The summed E-state index contributed by atoms with van der Waals surface area (Å²) in [4.78, 5) is 25.4. The minimum atomic E-state index is -4.87. The highest BCUT2D eigenvalue weighted by atomic mass is 32.2. The van der Waals surface area contributed by atoms with E-state index in [0.717, 1.165) is 16.8 Å². The molecule has 1 aromatic heterocycles. The zero-order valence-electron chi connectivity index (χ0n) is 21.2. The predicted molar refractivity (Wildman–Crippen MR) is 128 cm³/mol. The van der Waals surface area contributed by atoms with Gasteiger partial charge in [0.05, 0.1) is 18.3 Å². The molecule has 2 unspecified atom stereocenters. The van der Waals surface area contributed by atoms with Crippen LogP contribution in [0.5, 0.6) is 5.75 Å². The highest BCUT2D eigenvalue weighted by molar-refractivity contribution is 7.85. The maximum atomic E-state index is 13.3. The summed E-state index contributed by atoms with van der Waals surface area (Å²) in [5.74, 6) is -2.48. The van der Waals surface area contributed by atoms with Crippen molar-refractivity contribution in [3.8, 4) is 5.75 Å². The fraction of sp³-hybridized carbons (Fsp3) is 0.522. The Labute approximate surface area is 230 Å². The number of aryl methyl sites for hydroxylation is 1. The number of alkyl halides is 8. The lowest BCUT2D eigenvalue weighted by Gasteiger charge is -2.26. The Morgan fingerprint density at radius 3 is 2.56 bits per heavy atom. The minimum absolute atomic E-state index is 0.0730. The van der Waals surface area contributed by atoms with Gasteiger partial charge in [-0.25, -0.2) is 13.5 Å². The fourth-order valence-corrected chi connectivity index (χ4v) is 4.56. The summed E-state index contributed by atoms with van der Waals surface area (Å²) in [6.07, 6.45) is -12.4. The molecule has 0 fully saturated rings. The van der Waals surface area contributed by atoms with E-state index < -0.39 is 73.0 Å². The van der Waals surface area contributed by atoms with E-state index in [1.54, 1.807) is 0 Å². The molecule has 0 bridgehead atoms. The first-order valence-corrected chi connectivity index (χ1v) is 13.6. The topological polar surface area (TPSA) is 112 Å². The number of fused-ring (bicyclic) bond motifs is 1. The van der Waals surface area contributed by atoms with Gasteiger partial charge in [0.1, 0.15) is 22.9 Å². The number of hydrogen-bond acceptors (Lipinski definition) is 6. The summed E-state index contributed by atoms with van der Waals surface area (Å²) in [5.41, 5.74) is 0.0115. The molecule has 1 aromatic carbocycles. The van der Waals surface area contributed by atoms with Gasteiger partial charge in [-0.2, -0.15) is 18.3 Å². The number of nitrogens with zero attached hydrogens (tertiary/aromatic N) is 2. The van der Waals surface area contributed by atoms with E-state index in [-0.39, 0.29) is 53.3 Å². The molecule has 0 radical (unpaired) electrons. The number of ether oxygens (including phenoxy) is 2. The monoisotopic (exact) mass is 620 g/mol. The van der Waals surface area contributed by atoms with Crippen molar-refractivity contribution in [3.63, 3.8) is 0 Å². The minimum Gasteiger partial charge on any atom is -0.484 e. The summed E-state index contributed by atoms with van der Waals surface area (Å²) in [6.45, 7) is -2.63. The molecule has 1 aliphatic rings. The predicted octanol–water partition coefficient (Wildman–Crippen LogP) is 3.90. The number of carbonyl (C=O) groups is 2. The summed E-state index contributed by atoms with van der Waals surface area (Å²) in [6, 6.07) is 2.42. The van der Waals surface area contributed by atoms with Crippen molar-refractivity contribution in [1.29, 1.82) is 0 Å².